The summed E-state index contributed by atoms with van der Waals surface area (Å²) in [5.41, 5.74) is 0. The Balaban J connectivity index is 2.60. The highest BCUT2D eigenvalue weighted by atomic mass is 35.5. The minimum atomic E-state index is -0.172. The second kappa shape index (κ2) is 6.16. The van der Waals surface area contributed by atoms with Crippen molar-refractivity contribution in [1.82, 2.24) is 0 Å². The zero-order valence-electron chi connectivity index (χ0n) is 9.57. The van der Waals surface area contributed by atoms with Crippen molar-refractivity contribution >= 4 is 29.3 Å². The van der Waals surface area contributed by atoms with Gasteiger partial charge in [0.15, 0.2) is 0 Å². The summed E-state index contributed by atoms with van der Waals surface area (Å²) in [5, 5.41) is 0.895. The van der Waals surface area contributed by atoms with E-state index in [0.717, 1.165) is 9.92 Å². The Hall–Kier alpha value is -0.670. The number of carbonyl (C=O) groups excluding carboxylic acids is 1. The third kappa shape index (κ3) is 3.72. The minimum Gasteiger partial charge on any atom is -0.469 e. The first-order valence-electron chi connectivity index (χ1n) is 5.04. The van der Waals surface area contributed by atoms with Crippen molar-refractivity contribution in [3.05, 3.63) is 29.3 Å². The van der Waals surface area contributed by atoms with Gasteiger partial charge < -0.3 is 4.74 Å². The zero-order chi connectivity index (χ0) is 12.1. The molecule has 88 valence electrons. The van der Waals surface area contributed by atoms with Crippen LogP contribution < -0.4 is 0 Å². The lowest BCUT2D eigenvalue weighted by molar-refractivity contribution is -0.144. The van der Waals surface area contributed by atoms with Crippen LogP contribution in [0.5, 0.6) is 0 Å². The second-order valence-electron chi connectivity index (χ2n) is 3.59. The Bertz CT molecular complexity index is 351. The smallest absolute Gasteiger partial charge is 0.309 e. The molecule has 0 amide bonds. The number of hydrogen-bond acceptors (Lipinski definition) is 3. The summed E-state index contributed by atoms with van der Waals surface area (Å²) in [6.45, 7) is 3.89. The molecule has 4 heteroatoms. The SMILES string of the molecule is COC(=O)C(C)C(C)Sc1ccc(Cl)cc1. The van der Waals surface area contributed by atoms with E-state index in [1.54, 1.807) is 11.8 Å². The molecule has 0 heterocycles. The molecule has 1 aromatic rings. The van der Waals surface area contributed by atoms with Crippen LogP contribution in [-0.2, 0) is 9.53 Å². The Morgan fingerprint density at radius 3 is 2.38 bits per heavy atom. The predicted octanol–water partition coefficient (Wildman–Crippen LogP) is 3.63. The van der Waals surface area contributed by atoms with Crippen LogP contribution >= 0.6 is 23.4 Å². The quantitative estimate of drug-likeness (QED) is 0.609. The molecule has 0 radical (unpaired) electrons. The van der Waals surface area contributed by atoms with E-state index in [0.29, 0.717) is 0 Å². The van der Waals surface area contributed by atoms with Gasteiger partial charge in [-0.2, -0.15) is 0 Å². The van der Waals surface area contributed by atoms with E-state index in [1.807, 2.05) is 38.1 Å². The van der Waals surface area contributed by atoms with Crippen molar-refractivity contribution in [3.63, 3.8) is 0 Å². The van der Waals surface area contributed by atoms with E-state index >= 15 is 0 Å². The molecular formula is C12H15ClO2S. The monoisotopic (exact) mass is 258 g/mol. The fraction of sp³-hybridized carbons (Fsp3) is 0.417. The molecule has 0 saturated heterocycles. The van der Waals surface area contributed by atoms with Gasteiger partial charge in [0.2, 0.25) is 0 Å². The van der Waals surface area contributed by atoms with E-state index in [9.17, 15) is 4.79 Å². The second-order valence-corrected chi connectivity index (χ2v) is 5.48. The summed E-state index contributed by atoms with van der Waals surface area (Å²) < 4.78 is 4.72. The third-order valence-electron chi connectivity index (χ3n) is 2.41. The van der Waals surface area contributed by atoms with Gasteiger partial charge in [-0.05, 0) is 24.3 Å². The number of carbonyl (C=O) groups is 1. The van der Waals surface area contributed by atoms with Gasteiger partial charge in [-0.1, -0.05) is 25.4 Å². The maximum atomic E-state index is 11.3. The van der Waals surface area contributed by atoms with Crippen LogP contribution in [0.1, 0.15) is 13.8 Å². The van der Waals surface area contributed by atoms with Gasteiger partial charge in [-0.3, -0.25) is 4.79 Å². The summed E-state index contributed by atoms with van der Waals surface area (Å²) in [6.07, 6.45) is 0. The van der Waals surface area contributed by atoms with Gasteiger partial charge >= 0.3 is 5.97 Å². The molecule has 0 fully saturated rings. The maximum Gasteiger partial charge on any atom is 0.309 e. The molecule has 0 spiro atoms. The Labute approximate surface area is 105 Å². The number of methoxy groups -OCH3 is 1. The zero-order valence-corrected chi connectivity index (χ0v) is 11.1. The average molecular weight is 259 g/mol. The van der Waals surface area contributed by atoms with Gasteiger partial charge in [0.1, 0.15) is 0 Å². The standard InChI is InChI=1S/C12H15ClO2S/c1-8(12(14)15-3)9(2)16-11-6-4-10(13)5-7-11/h4-9H,1-3H3. The van der Waals surface area contributed by atoms with Crippen LogP contribution in [-0.4, -0.2) is 18.3 Å². The number of hydrogen-bond donors (Lipinski definition) is 0. The highest BCUT2D eigenvalue weighted by Crippen LogP contribution is 2.29. The molecule has 1 aromatic carbocycles. The van der Waals surface area contributed by atoms with Crippen LogP contribution in [0.25, 0.3) is 0 Å². The van der Waals surface area contributed by atoms with Gasteiger partial charge in [-0.25, -0.2) is 0 Å². The summed E-state index contributed by atoms with van der Waals surface area (Å²) in [7, 11) is 1.42. The highest BCUT2D eigenvalue weighted by molar-refractivity contribution is 8.00. The molecule has 2 nitrogen and oxygen atoms in total. The molecular weight excluding hydrogens is 244 g/mol. The summed E-state index contributed by atoms with van der Waals surface area (Å²) >= 11 is 7.44. The molecule has 0 saturated carbocycles. The third-order valence-corrected chi connectivity index (χ3v) is 3.99. The molecule has 0 aliphatic rings. The van der Waals surface area contributed by atoms with Crippen molar-refractivity contribution < 1.29 is 9.53 Å². The lowest BCUT2D eigenvalue weighted by atomic mass is 10.1. The number of thioether (sulfide) groups is 1. The van der Waals surface area contributed by atoms with Gasteiger partial charge in [0.25, 0.3) is 0 Å². The van der Waals surface area contributed by atoms with Crippen LogP contribution in [0.3, 0.4) is 0 Å². The molecule has 1 rings (SSSR count). The Morgan fingerprint density at radius 2 is 1.88 bits per heavy atom. The first-order valence-corrected chi connectivity index (χ1v) is 6.30. The molecule has 0 aromatic heterocycles. The van der Waals surface area contributed by atoms with Crippen LogP contribution in [0.15, 0.2) is 29.2 Å². The van der Waals surface area contributed by atoms with E-state index in [-0.39, 0.29) is 17.1 Å². The van der Waals surface area contributed by atoms with Crippen LogP contribution in [0.4, 0.5) is 0 Å². The van der Waals surface area contributed by atoms with Crippen molar-refractivity contribution in [2.24, 2.45) is 5.92 Å². The van der Waals surface area contributed by atoms with Crippen molar-refractivity contribution in [3.8, 4) is 0 Å². The molecule has 2 unspecified atom stereocenters. The number of esters is 1. The van der Waals surface area contributed by atoms with Crippen molar-refractivity contribution in [2.45, 2.75) is 24.0 Å². The normalized spacial score (nSPS) is 14.2. The maximum absolute atomic E-state index is 11.3. The van der Waals surface area contributed by atoms with Gasteiger partial charge in [0.05, 0.1) is 13.0 Å². The summed E-state index contributed by atoms with van der Waals surface area (Å²) in [6, 6.07) is 7.60. The fourth-order valence-corrected chi connectivity index (χ4v) is 2.37. The Kier molecular flexibility index (Phi) is 5.16. The minimum absolute atomic E-state index is 0.120. The predicted molar refractivity (Wildman–Crippen MR) is 68.0 cm³/mol. The molecule has 0 N–H and O–H groups in total. The summed E-state index contributed by atoms with van der Waals surface area (Å²) in [5.74, 6) is -0.292. The van der Waals surface area contributed by atoms with Gasteiger partial charge in [-0.15, -0.1) is 11.8 Å². The van der Waals surface area contributed by atoms with Gasteiger partial charge in [0, 0.05) is 15.2 Å². The Morgan fingerprint density at radius 1 is 1.31 bits per heavy atom. The number of rotatable bonds is 4. The molecule has 0 bridgehead atoms. The average Bonchev–Trinajstić information content (AvgIpc) is 2.30. The fourth-order valence-electron chi connectivity index (χ4n) is 1.21. The van der Waals surface area contributed by atoms with Crippen molar-refractivity contribution in [2.75, 3.05) is 7.11 Å². The highest BCUT2D eigenvalue weighted by Gasteiger charge is 2.21. The number of ether oxygens (including phenoxy) is 1. The first kappa shape index (κ1) is 13.4. The van der Waals surface area contributed by atoms with E-state index in [4.69, 9.17) is 16.3 Å². The topological polar surface area (TPSA) is 26.3 Å². The molecule has 0 aliphatic heterocycles. The molecule has 2 atom stereocenters. The first-order chi connectivity index (χ1) is 7.54. The molecule has 0 aliphatic carbocycles. The lowest BCUT2D eigenvalue weighted by Gasteiger charge is -2.17. The van der Waals surface area contributed by atoms with E-state index in [2.05, 4.69) is 0 Å². The summed E-state index contributed by atoms with van der Waals surface area (Å²) in [4.78, 5) is 12.4. The van der Waals surface area contributed by atoms with Crippen molar-refractivity contribution in [1.29, 1.82) is 0 Å². The van der Waals surface area contributed by atoms with E-state index < -0.39 is 0 Å². The largest absolute Gasteiger partial charge is 0.469 e. The van der Waals surface area contributed by atoms with Crippen LogP contribution in [0.2, 0.25) is 5.02 Å². The number of halogens is 1. The lowest BCUT2D eigenvalue weighted by Crippen LogP contribution is -2.21. The van der Waals surface area contributed by atoms with Crippen LogP contribution in [0, 0.1) is 5.92 Å². The number of benzene rings is 1. The van der Waals surface area contributed by atoms with E-state index in [1.165, 1.54) is 7.11 Å². The molecule has 16 heavy (non-hydrogen) atoms.